The quantitative estimate of drug-likeness (QED) is 0.423. The van der Waals surface area contributed by atoms with Gasteiger partial charge in [0.1, 0.15) is 5.69 Å². The van der Waals surface area contributed by atoms with Crippen molar-refractivity contribution in [2.75, 3.05) is 0 Å². The first-order valence-electron chi connectivity index (χ1n) is 8.80. The molecule has 6 heteroatoms. The number of rotatable bonds is 5. The van der Waals surface area contributed by atoms with E-state index in [1.54, 1.807) is 29.3 Å². The number of hydrazone groups is 1. The van der Waals surface area contributed by atoms with Gasteiger partial charge in [-0.15, -0.1) is 0 Å². The number of nitrogens with zero attached hydrogens (tertiary/aromatic N) is 3. The molecule has 0 radical (unpaired) electrons. The van der Waals surface area contributed by atoms with Gasteiger partial charge in [-0.2, -0.15) is 10.2 Å². The Labute approximate surface area is 162 Å². The monoisotopic (exact) mass is 370 g/mol. The van der Waals surface area contributed by atoms with Crippen LogP contribution in [0.4, 0.5) is 0 Å². The van der Waals surface area contributed by atoms with Crippen molar-refractivity contribution in [3.05, 3.63) is 95.9 Å². The van der Waals surface area contributed by atoms with Crippen molar-refractivity contribution in [2.45, 2.75) is 6.92 Å². The number of para-hydroxylation sites is 1. The minimum Gasteiger partial charge on any atom is -0.463 e. The van der Waals surface area contributed by atoms with Crippen molar-refractivity contribution in [3.63, 3.8) is 0 Å². The molecule has 0 aliphatic heterocycles. The second-order valence-electron chi connectivity index (χ2n) is 6.20. The Hall–Kier alpha value is -3.93. The molecule has 6 nitrogen and oxygen atoms in total. The van der Waals surface area contributed by atoms with Gasteiger partial charge in [0.25, 0.3) is 5.91 Å². The molecule has 28 heavy (non-hydrogen) atoms. The minimum atomic E-state index is -0.260. The first-order chi connectivity index (χ1) is 13.7. The van der Waals surface area contributed by atoms with E-state index in [9.17, 15) is 4.79 Å². The number of carbonyl (C=O) groups is 1. The zero-order chi connectivity index (χ0) is 19.3. The van der Waals surface area contributed by atoms with Crippen LogP contribution in [0.25, 0.3) is 17.1 Å². The molecular weight excluding hydrogens is 352 g/mol. The van der Waals surface area contributed by atoms with E-state index in [4.69, 9.17) is 4.42 Å². The fourth-order valence-electron chi connectivity index (χ4n) is 2.85. The summed E-state index contributed by atoms with van der Waals surface area (Å²) in [5, 5.41) is 8.73. The maximum absolute atomic E-state index is 12.3. The molecule has 0 aliphatic carbocycles. The highest BCUT2D eigenvalue weighted by atomic mass is 16.3. The molecule has 0 unspecified atom stereocenters. The Morgan fingerprint density at radius 1 is 1.07 bits per heavy atom. The molecule has 0 aliphatic rings. The predicted molar refractivity (Wildman–Crippen MR) is 108 cm³/mol. The molecule has 138 valence electrons. The van der Waals surface area contributed by atoms with Crippen LogP contribution in [0.3, 0.4) is 0 Å². The van der Waals surface area contributed by atoms with E-state index in [1.165, 1.54) is 0 Å². The molecule has 0 saturated carbocycles. The lowest BCUT2D eigenvalue weighted by atomic mass is 10.1. The highest BCUT2D eigenvalue weighted by Crippen LogP contribution is 2.23. The summed E-state index contributed by atoms with van der Waals surface area (Å²) >= 11 is 0. The van der Waals surface area contributed by atoms with Crippen molar-refractivity contribution in [3.8, 4) is 17.1 Å². The number of furan rings is 1. The highest BCUT2D eigenvalue weighted by molar-refractivity contribution is 5.96. The molecule has 0 spiro atoms. The average molecular weight is 370 g/mol. The Morgan fingerprint density at radius 2 is 1.86 bits per heavy atom. The summed E-state index contributed by atoms with van der Waals surface area (Å²) in [7, 11) is 0. The summed E-state index contributed by atoms with van der Waals surface area (Å²) in [6.07, 6.45) is 5.01. The molecular formula is C22H18N4O2. The smallest absolute Gasteiger partial charge is 0.271 e. The Balaban J connectivity index is 1.61. The van der Waals surface area contributed by atoms with E-state index >= 15 is 0 Å². The average Bonchev–Trinajstić information content (AvgIpc) is 3.39. The number of aromatic nitrogens is 2. The van der Waals surface area contributed by atoms with Crippen molar-refractivity contribution < 1.29 is 9.21 Å². The van der Waals surface area contributed by atoms with E-state index in [-0.39, 0.29) is 5.91 Å². The molecule has 4 aromatic rings. The molecule has 2 aromatic carbocycles. The summed E-state index contributed by atoms with van der Waals surface area (Å²) < 4.78 is 7.25. The molecule has 0 saturated heterocycles. The van der Waals surface area contributed by atoms with Crippen LogP contribution < -0.4 is 5.43 Å². The maximum atomic E-state index is 12.3. The van der Waals surface area contributed by atoms with Crippen LogP contribution in [0.1, 0.15) is 21.5 Å². The summed E-state index contributed by atoms with van der Waals surface area (Å²) in [6, 6.07) is 20.8. The fourth-order valence-corrected chi connectivity index (χ4v) is 2.85. The lowest BCUT2D eigenvalue weighted by molar-refractivity contribution is 0.0954. The topological polar surface area (TPSA) is 72.4 Å². The Bertz CT molecular complexity index is 1110. The van der Waals surface area contributed by atoms with E-state index in [0.717, 1.165) is 16.8 Å². The lowest BCUT2D eigenvalue weighted by Gasteiger charge is -2.02. The largest absolute Gasteiger partial charge is 0.463 e. The van der Waals surface area contributed by atoms with Crippen molar-refractivity contribution in [1.29, 1.82) is 0 Å². The molecule has 1 N–H and O–H groups in total. The van der Waals surface area contributed by atoms with Gasteiger partial charge in [-0.25, -0.2) is 10.1 Å². The van der Waals surface area contributed by atoms with Gasteiger partial charge in [0.15, 0.2) is 5.76 Å². The van der Waals surface area contributed by atoms with Gasteiger partial charge in [-0.3, -0.25) is 4.79 Å². The first-order valence-corrected chi connectivity index (χ1v) is 8.80. The minimum absolute atomic E-state index is 0.260. The summed E-state index contributed by atoms with van der Waals surface area (Å²) in [4.78, 5) is 12.3. The molecule has 2 heterocycles. The number of aryl methyl sites for hydroxylation is 1. The van der Waals surface area contributed by atoms with E-state index in [1.807, 2.05) is 67.7 Å². The third-order valence-corrected chi connectivity index (χ3v) is 4.28. The van der Waals surface area contributed by atoms with E-state index < -0.39 is 0 Å². The number of hydrogen-bond acceptors (Lipinski definition) is 4. The van der Waals surface area contributed by atoms with Crippen LogP contribution in [-0.2, 0) is 0 Å². The van der Waals surface area contributed by atoms with Gasteiger partial charge >= 0.3 is 0 Å². The second kappa shape index (κ2) is 7.75. The summed E-state index contributed by atoms with van der Waals surface area (Å²) in [6.45, 7) is 1.89. The van der Waals surface area contributed by atoms with Crippen LogP contribution in [-0.4, -0.2) is 21.9 Å². The fraction of sp³-hybridized carbons (Fsp3) is 0.0455. The van der Waals surface area contributed by atoms with Crippen molar-refractivity contribution >= 4 is 12.1 Å². The summed E-state index contributed by atoms with van der Waals surface area (Å²) in [5.41, 5.74) is 6.34. The number of hydrogen-bond donors (Lipinski definition) is 1. The zero-order valence-electron chi connectivity index (χ0n) is 15.2. The van der Waals surface area contributed by atoms with E-state index in [2.05, 4.69) is 15.6 Å². The highest BCUT2D eigenvalue weighted by Gasteiger charge is 2.13. The Morgan fingerprint density at radius 3 is 2.61 bits per heavy atom. The Kier molecular flexibility index (Phi) is 4.84. The third-order valence-electron chi connectivity index (χ3n) is 4.28. The molecule has 4 rings (SSSR count). The number of benzene rings is 2. The van der Waals surface area contributed by atoms with Gasteiger partial charge in [-0.05, 0) is 42.8 Å². The van der Waals surface area contributed by atoms with Crippen molar-refractivity contribution in [1.82, 2.24) is 15.2 Å². The van der Waals surface area contributed by atoms with Crippen LogP contribution in [0.2, 0.25) is 0 Å². The SMILES string of the molecule is Cc1ccccc1C(=O)N/N=C\c1cn(-c2ccccc2)nc1-c1ccco1. The molecule has 0 bridgehead atoms. The predicted octanol–water partition coefficient (Wildman–Crippen LogP) is 4.20. The summed E-state index contributed by atoms with van der Waals surface area (Å²) in [5.74, 6) is 0.366. The maximum Gasteiger partial charge on any atom is 0.271 e. The second-order valence-corrected chi connectivity index (χ2v) is 6.20. The molecule has 2 aromatic heterocycles. The van der Waals surface area contributed by atoms with Crippen molar-refractivity contribution in [2.24, 2.45) is 5.10 Å². The standard InChI is InChI=1S/C22H18N4O2/c1-16-8-5-6-11-19(16)22(27)24-23-14-17-15-26(18-9-3-2-4-10-18)25-21(17)20-12-7-13-28-20/h2-15H,1H3,(H,24,27)/b23-14-. The molecule has 0 atom stereocenters. The molecule has 0 fully saturated rings. The van der Waals surface area contributed by atoms with Crippen LogP contribution in [0.5, 0.6) is 0 Å². The van der Waals surface area contributed by atoms with Gasteiger partial charge < -0.3 is 4.42 Å². The van der Waals surface area contributed by atoms with Crippen LogP contribution in [0, 0.1) is 6.92 Å². The van der Waals surface area contributed by atoms with Crippen LogP contribution in [0.15, 0.2) is 88.7 Å². The van der Waals surface area contributed by atoms with Gasteiger partial charge in [0.2, 0.25) is 0 Å². The van der Waals surface area contributed by atoms with Gasteiger partial charge in [0, 0.05) is 17.3 Å². The van der Waals surface area contributed by atoms with Crippen LogP contribution >= 0.6 is 0 Å². The van der Waals surface area contributed by atoms with E-state index in [0.29, 0.717) is 17.0 Å². The molecule has 1 amide bonds. The zero-order valence-corrected chi connectivity index (χ0v) is 15.2. The normalized spacial score (nSPS) is 11.0. The number of amides is 1. The number of nitrogens with one attached hydrogen (secondary N) is 1. The van der Waals surface area contributed by atoms with Gasteiger partial charge in [-0.1, -0.05) is 36.4 Å². The number of carbonyl (C=O) groups excluding carboxylic acids is 1. The van der Waals surface area contributed by atoms with Gasteiger partial charge in [0.05, 0.1) is 18.2 Å². The first kappa shape index (κ1) is 17.5. The lowest BCUT2D eigenvalue weighted by Crippen LogP contribution is -2.18. The third kappa shape index (κ3) is 3.61.